The Hall–Kier alpha value is -1.69. The lowest BCUT2D eigenvalue weighted by atomic mass is 10.1. The van der Waals surface area contributed by atoms with Gasteiger partial charge in [-0.3, -0.25) is 0 Å². The van der Waals surface area contributed by atoms with Crippen molar-refractivity contribution in [1.29, 1.82) is 0 Å². The number of pyridine rings is 1. The van der Waals surface area contributed by atoms with Crippen LogP contribution in [0.5, 0.6) is 11.6 Å². The highest BCUT2D eigenvalue weighted by molar-refractivity contribution is 7.08. The van der Waals surface area contributed by atoms with Crippen LogP contribution in [0, 0.1) is 0 Å². The van der Waals surface area contributed by atoms with E-state index in [9.17, 15) is 8.78 Å². The summed E-state index contributed by atoms with van der Waals surface area (Å²) >= 11 is 1.25. The molecule has 0 unspecified atom stereocenters. The number of alkyl halides is 2. The highest BCUT2D eigenvalue weighted by atomic mass is 32.1. The Kier molecular flexibility index (Phi) is 2.87. The first kappa shape index (κ1) is 11.4. The van der Waals surface area contributed by atoms with E-state index >= 15 is 0 Å². The predicted molar refractivity (Wildman–Crippen MR) is 63.5 cm³/mol. The Morgan fingerprint density at radius 2 is 2.06 bits per heavy atom. The number of rotatable bonds is 2. The largest absolute Gasteiger partial charge is 0.484 e. The number of thiophene rings is 1. The summed E-state index contributed by atoms with van der Waals surface area (Å²) in [5, 5.41) is 3.14. The molecule has 0 aromatic carbocycles. The first-order valence-corrected chi connectivity index (χ1v) is 6.30. The zero-order valence-corrected chi connectivity index (χ0v) is 10.0. The van der Waals surface area contributed by atoms with Gasteiger partial charge in [0.05, 0.1) is 0 Å². The molecule has 1 aliphatic rings. The maximum Gasteiger partial charge on any atom is 0.265 e. The molecule has 3 rings (SSSR count). The van der Waals surface area contributed by atoms with Gasteiger partial charge in [0.1, 0.15) is 13.2 Å². The van der Waals surface area contributed by atoms with Crippen molar-refractivity contribution in [3.05, 3.63) is 28.6 Å². The van der Waals surface area contributed by atoms with Gasteiger partial charge in [-0.05, 0) is 11.4 Å². The van der Waals surface area contributed by atoms with Gasteiger partial charge in [-0.25, -0.2) is 13.8 Å². The first-order chi connectivity index (χ1) is 8.75. The Morgan fingerprint density at radius 3 is 2.89 bits per heavy atom. The van der Waals surface area contributed by atoms with Gasteiger partial charge in [0.15, 0.2) is 5.75 Å². The zero-order chi connectivity index (χ0) is 12.5. The Balaban J connectivity index is 2.04. The average Bonchev–Trinajstić information content (AvgIpc) is 2.87. The molecule has 3 heterocycles. The monoisotopic (exact) mass is 269 g/mol. The van der Waals surface area contributed by atoms with Crippen molar-refractivity contribution < 1.29 is 18.3 Å². The molecular weight excluding hydrogens is 260 g/mol. The van der Waals surface area contributed by atoms with Crippen LogP contribution in [0.15, 0.2) is 23.0 Å². The minimum absolute atomic E-state index is 0.0264. The van der Waals surface area contributed by atoms with Gasteiger partial charge in [-0.1, -0.05) is 0 Å². The van der Waals surface area contributed by atoms with Gasteiger partial charge < -0.3 is 9.47 Å². The maximum absolute atomic E-state index is 12.8. The van der Waals surface area contributed by atoms with Crippen molar-refractivity contribution in [2.75, 3.05) is 13.2 Å². The summed E-state index contributed by atoms with van der Waals surface area (Å²) in [6.07, 6.45) is -0.957. The van der Waals surface area contributed by atoms with E-state index in [-0.39, 0.29) is 5.56 Å². The van der Waals surface area contributed by atoms with Crippen LogP contribution in [0.1, 0.15) is 12.0 Å². The van der Waals surface area contributed by atoms with Crippen molar-refractivity contribution >= 4 is 11.3 Å². The van der Waals surface area contributed by atoms with Crippen LogP contribution < -0.4 is 9.47 Å². The van der Waals surface area contributed by atoms with Crippen LogP contribution in [0.4, 0.5) is 8.78 Å². The molecule has 3 nitrogen and oxygen atoms in total. The second-order valence-corrected chi connectivity index (χ2v) is 4.51. The molecule has 2 aromatic rings. The van der Waals surface area contributed by atoms with Crippen molar-refractivity contribution in [1.82, 2.24) is 4.98 Å². The van der Waals surface area contributed by atoms with E-state index in [0.29, 0.717) is 36.0 Å². The number of hydrogen-bond donors (Lipinski definition) is 0. The summed E-state index contributed by atoms with van der Waals surface area (Å²) in [4.78, 5) is 4.09. The number of hydrogen-bond acceptors (Lipinski definition) is 4. The third-order valence-electron chi connectivity index (χ3n) is 2.64. The molecule has 0 atom stereocenters. The van der Waals surface area contributed by atoms with E-state index < -0.39 is 6.43 Å². The van der Waals surface area contributed by atoms with Crippen molar-refractivity contribution in [2.45, 2.75) is 6.43 Å². The summed E-state index contributed by atoms with van der Waals surface area (Å²) in [5.41, 5.74) is 1.15. The molecule has 6 heteroatoms. The van der Waals surface area contributed by atoms with E-state index in [0.717, 1.165) is 0 Å². The first-order valence-electron chi connectivity index (χ1n) is 5.36. The van der Waals surface area contributed by atoms with Crippen LogP contribution >= 0.6 is 11.3 Å². The molecule has 0 bridgehead atoms. The molecule has 0 radical (unpaired) electrons. The summed E-state index contributed by atoms with van der Waals surface area (Å²) in [5.74, 6) is 0.920. The molecule has 1 aliphatic heterocycles. The molecule has 18 heavy (non-hydrogen) atoms. The van der Waals surface area contributed by atoms with Crippen LogP contribution in [0.25, 0.3) is 11.1 Å². The second-order valence-electron chi connectivity index (χ2n) is 3.77. The Morgan fingerprint density at radius 1 is 1.22 bits per heavy atom. The molecular formula is C12H9F2NO2S. The van der Waals surface area contributed by atoms with E-state index in [1.807, 2.05) is 0 Å². The molecule has 0 fully saturated rings. The van der Waals surface area contributed by atoms with Gasteiger partial charge in [0.2, 0.25) is 0 Å². The average molecular weight is 269 g/mol. The van der Waals surface area contributed by atoms with E-state index in [4.69, 9.17) is 9.47 Å². The van der Waals surface area contributed by atoms with Gasteiger partial charge in [-0.15, -0.1) is 0 Å². The fraction of sp³-hybridized carbons (Fsp3) is 0.250. The molecule has 2 aromatic heterocycles. The molecule has 0 spiro atoms. The highest BCUT2D eigenvalue weighted by Crippen LogP contribution is 2.37. The molecule has 0 saturated carbocycles. The van der Waals surface area contributed by atoms with Crippen LogP contribution in [0.2, 0.25) is 0 Å². The predicted octanol–water partition coefficient (Wildman–Crippen LogP) is 3.52. The lowest BCUT2D eigenvalue weighted by molar-refractivity contribution is 0.152. The number of ether oxygens (including phenoxy) is 2. The minimum atomic E-state index is -2.49. The van der Waals surface area contributed by atoms with Gasteiger partial charge >= 0.3 is 0 Å². The topological polar surface area (TPSA) is 31.4 Å². The molecule has 94 valence electrons. The summed E-state index contributed by atoms with van der Waals surface area (Å²) in [7, 11) is 0. The maximum atomic E-state index is 12.8. The highest BCUT2D eigenvalue weighted by Gasteiger charge is 2.19. The quantitative estimate of drug-likeness (QED) is 0.836. The lowest BCUT2D eigenvalue weighted by Gasteiger charge is -2.17. The molecule has 0 N–H and O–H groups in total. The number of aromatic nitrogens is 1. The van der Waals surface area contributed by atoms with Crippen molar-refractivity contribution in [2.24, 2.45) is 0 Å². The van der Waals surface area contributed by atoms with Crippen LogP contribution in [0.3, 0.4) is 0 Å². The Bertz CT molecular complexity index is 571. The van der Waals surface area contributed by atoms with E-state index in [1.165, 1.54) is 22.9 Å². The number of fused-ring (bicyclic) bond motifs is 1. The smallest absolute Gasteiger partial charge is 0.265 e. The third-order valence-corrected chi connectivity index (χ3v) is 3.40. The van der Waals surface area contributed by atoms with Gasteiger partial charge in [-0.2, -0.15) is 11.3 Å². The Labute approximate surface area is 106 Å². The molecule has 0 saturated heterocycles. The van der Waals surface area contributed by atoms with E-state index in [1.54, 1.807) is 11.4 Å². The number of nitrogens with zero attached hydrogens (tertiary/aromatic N) is 1. The fourth-order valence-corrected chi connectivity index (χ4v) is 2.64. The summed E-state index contributed by atoms with van der Waals surface area (Å²) in [6, 6.07) is 1.69. The standard InChI is InChI=1S/C12H9F2NO2S/c13-11(14)9-6-18-5-8(9)7-3-10-12(15-4-7)17-2-1-16-10/h3-6,11H,1-2H2. The van der Waals surface area contributed by atoms with Gasteiger partial charge in [0, 0.05) is 28.3 Å². The summed E-state index contributed by atoms with van der Waals surface area (Å²) < 4.78 is 36.3. The minimum Gasteiger partial charge on any atom is -0.484 e. The van der Waals surface area contributed by atoms with Crippen molar-refractivity contribution in [3.8, 4) is 22.8 Å². The normalized spacial score (nSPS) is 13.9. The lowest BCUT2D eigenvalue weighted by Crippen LogP contribution is -2.16. The van der Waals surface area contributed by atoms with E-state index in [2.05, 4.69) is 4.98 Å². The molecule has 0 amide bonds. The fourth-order valence-electron chi connectivity index (χ4n) is 1.79. The van der Waals surface area contributed by atoms with Crippen LogP contribution in [-0.2, 0) is 0 Å². The van der Waals surface area contributed by atoms with Gasteiger partial charge in [0.25, 0.3) is 12.3 Å². The number of halogens is 2. The zero-order valence-electron chi connectivity index (χ0n) is 9.23. The molecule has 0 aliphatic carbocycles. The second kappa shape index (κ2) is 4.53. The SMILES string of the molecule is FC(F)c1cscc1-c1cnc2c(c1)OCCO2. The van der Waals surface area contributed by atoms with Crippen molar-refractivity contribution in [3.63, 3.8) is 0 Å². The third kappa shape index (κ3) is 1.92. The summed E-state index contributed by atoms with van der Waals surface area (Å²) in [6.45, 7) is 0.906. The van der Waals surface area contributed by atoms with Crippen LogP contribution in [-0.4, -0.2) is 18.2 Å².